The molecule has 1 heterocycles. The lowest BCUT2D eigenvalue weighted by Gasteiger charge is -2.20. The Balaban J connectivity index is 2.29. The number of aromatic nitrogens is 1. The van der Waals surface area contributed by atoms with Gasteiger partial charge in [0.25, 0.3) is 0 Å². The summed E-state index contributed by atoms with van der Waals surface area (Å²) in [6.07, 6.45) is 0. The highest BCUT2D eigenvalue weighted by Gasteiger charge is 2.13. The molecule has 0 unspecified atom stereocenters. The Kier molecular flexibility index (Phi) is 3.68. The van der Waals surface area contributed by atoms with E-state index in [4.69, 9.17) is 0 Å². The Morgan fingerprint density at radius 2 is 1.89 bits per heavy atom. The molecule has 0 aliphatic heterocycles. The summed E-state index contributed by atoms with van der Waals surface area (Å²) in [6, 6.07) is 10.0. The second-order valence-corrected chi connectivity index (χ2v) is 6.27. The van der Waals surface area contributed by atoms with Gasteiger partial charge in [0, 0.05) is 12.1 Å². The van der Waals surface area contributed by atoms with Crippen molar-refractivity contribution in [1.29, 1.82) is 0 Å². The van der Waals surface area contributed by atoms with Crippen LogP contribution in [0.3, 0.4) is 0 Å². The lowest BCUT2D eigenvalue weighted by molar-refractivity contribution is 0.422. The SMILES string of the molecule is CC(C)(C)NCc1[nH]c(=O)sc1-c1ccccc1. The zero-order valence-electron chi connectivity index (χ0n) is 10.9. The van der Waals surface area contributed by atoms with Crippen molar-refractivity contribution >= 4 is 11.3 Å². The summed E-state index contributed by atoms with van der Waals surface area (Å²) in [7, 11) is 0. The predicted octanol–water partition coefficient (Wildman–Crippen LogP) is 2.99. The third-order valence-electron chi connectivity index (χ3n) is 2.55. The fourth-order valence-corrected chi connectivity index (χ4v) is 2.52. The van der Waals surface area contributed by atoms with Crippen LogP contribution < -0.4 is 10.2 Å². The molecule has 2 N–H and O–H groups in total. The molecule has 0 amide bonds. The Bertz CT molecular complexity index is 563. The highest BCUT2D eigenvalue weighted by Crippen LogP contribution is 2.25. The fourth-order valence-electron chi connectivity index (χ4n) is 1.66. The van der Waals surface area contributed by atoms with Crippen LogP contribution in [0.4, 0.5) is 0 Å². The molecule has 0 fully saturated rings. The largest absolute Gasteiger partial charge is 0.315 e. The molecule has 0 bridgehead atoms. The Morgan fingerprint density at radius 3 is 2.50 bits per heavy atom. The first-order valence-electron chi connectivity index (χ1n) is 5.98. The van der Waals surface area contributed by atoms with Crippen molar-refractivity contribution in [3.8, 4) is 10.4 Å². The molecular formula is C14H18N2OS. The van der Waals surface area contributed by atoms with Gasteiger partial charge in [-0.2, -0.15) is 0 Å². The first-order valence-corrected chi connectivity index (χ1v) is 6.80. The minimum Gasteiger partial charge on any atom is -0.315 e. The summed E-state index contributed by atoms with van der Waals surface area (Å²) in [5.41, 5.74) is 2.09. The molecule has 4 heteroatoms. The molecule has 1 aromatic carbocycles. The van der Waals surface area contributed by atoms with E-state index in [1.165, 1.54) is 11.3 Å². The number of hydrogen-bond donors (Lipinski definition) is 2. The quantitative estimate of drug-likeness (QED) is 0.893. The van der Waals surface area contributed by atoms with Gasteiger partial charge < -0.3 is 10.3 Å². The van der Waals surface area contributed by atoms with E-state index in [0.29, 0.717) is 6.54 Å². The molecule has 2 rings (SSSR count). The second kappa shape index (κ2) is 5.08. The molecule has 18 heavy (non-hydrogen) atoms. The van der Waals surface area contributed by atoms with Crippen molar-refractivity contribution < 1.29 is 0 Å². The number of thiazole rings is 1. The number of hydrogen-bond acceptors (Lipinski definition) is 3. The maximum absolute atomic E-state index is 11.5. The highest BCUT2D eigenvalue weighted by molar-refractivity contribution is 7.13. The van der Waals surface area contributed by atoms with Gasteiger partial charge >= 0.3 is 4.87 Å². The monoisotopic (exact) mass is 262 g/mol. The molecule has 0 radical (unpaired) electrons. The maximum Gasteiger partial charge on any atom is 0.305 e. The topological polar surface area (TPSA) is 44.9 Å². The Labute approximate surface area is 111 Å². The molecule has 3 nitrogen and oxygen atoms in total. The maximum atomic E-state index is 11.5. The van der Waals surface area contributed by atoms with Crippen LogP contribution >= 0.6 is 11.3 Å². The average molecular weight is 262 g/mol. The van der Waals surface area contributed by atoms with Crippen LogP contribution in [0.15, 0.2) is 35.1 Å². The lowest BCUT2D eigenvalue weighted by atomic mass is 10.1. The zero-order chi connectivity index (χ0) is 13.2. The minimum atomic E-state index is -0.000405. The van der Waals surface area contributed by atoms with Gasteiger partial charge in [-0.05, 0) is 26.3 Å². The molecule has 0 spiro atoms. The van der Waals surface area contributed by atoms with Gasteiger partial charge in [-0.25, -0.2) is 0 Å². The van der Waals surface area contributed by atoms with Crippen molar-refractivity contribution in [2.24, 2.45) is 0 Å². The van der Waals surface area contributed by atoms with Crippen molar-refractivity contribution in [1.82, 2.24) is 10.3 Å². The molecule has 96 valence electrons. The number of nitrogens with one attached hydrogen (secondary N) is 2. The molecule has 1 aromatic heterocycles. The Morgan fingerprint density at radius 1 is 1.22 bits per heavy atom. The summed E-state index contributed by atoms with van der Waals surface area (Å²) in [5, 5.41) is 3.40. The van der Waals surface area contributed by atoms with E-state index in [2.05, 4.69) is 31.1 Å². The highest BCUT2D eigenvalue weighted by atomic mass is 32.1. The summed E-state index contributed by atoms with van der Waals surface area (Å²) in [4.78, 5) is 15.5. The van der Waals surface area contributed by atoms with Crippen LogP contribution in [0.5, 0.6) is 0 Å². The van der Waals surface area contributed by atoms with Crippen molar-refractivity contribution in [2.75, 3.05) is 0 Å². The Hall–Kier alpha value is -1.39. The molecule has 0 atom stereocenters. The molecule has 0 saturated carbocycles. The fraction of sp³-hybridized carbons (Fsp3) is 0.357. The van der Waals surface area contributed by atoms with Crippen molar-refractivity contribution in [3.05, 3.63) is 45.7 Å². The molecule has 0 aliphatic carbocycles. The summed E-state index contributed by atoms with van der Waals surface area (Å²) >= 11 is 1.27. The molecular weight excluding hydrogens is 244 g/mol. The van der Waals surface area contributed by atoms with Crippen LogP contribution in [0.25, 0.3) is 10.4 Å². The van der Waals surface area contributed by atoms with E-state index in [-0.39, 0.29) is 10.4 Å². The zero-order valence-corrected chi connectivity index (χ0v) is 11.7. The predicted molar refractivity (Wildman–Crippen MR) is 77.0 cm³/mol. The molecule has 0 saturated heterocycles. The summed E-state index contributed by atoms with van der Waals surface area (Å²) in [6.45, 7) is 7.01. The minimum absolute atomic E-state index is 0.000405. The average Bonchev–Trinajstić information content (AvgIpc) is 2.68. The van der Waals surface area contributed by atoms with E-state index >= 15 is 0 Å². The normalized spacial score (nSPS) is 11.7. The van der Waals surface area contributed by atoms with Gasteiger partial charge in [0.1, 0.15) is 0 Å². The number of aromatic amines is 1. The van der Waals surface area contributed by atoms with E-state index in [9.17, 15) is 4.79 Å². The van der Waals surface area contributed by atoms with Crippen LogP contribution in [-0.4, -0.2) is 10.5 Å². The second-order valence-electron chi connectivity index (χ2n) is 5.29. The summed E-state index contributed by atoms with van der Waals surface area (Å²) in [5.74, 6) is 0. The van der Waals surface area contributed by atoms with Crippen LogP contribution in [-0.2, 0) is 6.54 Å². The third kappa shape index (κ3) is 3.31. The van der Waals surface area contributed by atoms with Gasteiger partial charge in [-0.1, -0.05) is 41.7 Å². The lowest BCUT2D eigenvalue weighted by Crippen LogP contribution is -2.35. The van der Waals surface area contributed by atoms with Crippen LogP contribution in [0, 0.1) is 0 Å². The first kappa shape index (κ1) is 13.1. The summed E-state index contributed by atoms with van der Waals surface area (Å²) < 4.78 is 0. The van der Waals surface area contributed by atoms with Gasteiger partial charge in [-0.3, -0.25) is 4.79 Å². The first-order chi connectivity index (χ1) is 8.46. The molecule has 0 aliphatic rings. The van der Waals surface area contributed by atoms with Crippen molar-refractivity contribution in [3.63, 3.8) is 0 Å². The van der Waals surface area contributed by atoms with Crippen molar-refractivity contribution in [2.45, 2.75) is 32.9 Å². The third-order valence-corrected chi connectivity index (χ3v) is 3.53. The van der Waals surface area contributed by atoms with E-state index in [0.717, 1.165) is 16.1 Å². The number of H-pyrrole nitrogens is 1. The number of rotatable bonds is 3. The van der Waals surface area contributed by atoms with Gasteiger partial charge in [0.2, 0.25) is 0 Å². The van der Waals surface area contributed by atoms with Crippen LogP contribution in [0.2, 0.25) is 0 Å². The van der Waals surface area contributed by atoms with Gasteiger partial charge in [-0.15, -0.1) is 0 Å². The smallest absolute Gasteiger partial charge is 0.305 e. The van der Waals surface area contributed by atoms with E-state index in [1.54, 1.807) is 0 Å². The van der Waals surface area contributed by atoms with Gasteiger partial charge in [0.15, 0.2) is 0 Å². The standard InChI is InChI=1S/C14H18N2OS/c1-14(2,3)15-9-11-12(18-13(17)16-11)10-7-5-4-6-8-10/h4-8,15H,9H2,1-3H3,(H,16,17). The number of benzene rings is 1. The van der Waals surface area contributed by atoms with E-state index in [1.807, 2.05) is 30.3 Å². The van der Waals surface area contributed by atoms with E-state index < -0.39 is 0 Å². The van der Waals surface area contributed by atoms with Crippen LogP contribution in [0.1, 0.15) is 26.5 Å². The van der Waals surface area contributed by atoms with Gasteiger partial charge in [0.05, 0.1) is 10.6 Å². The molecule has 2 aromatic rings.